The maximum absolute atomic E-state index is 12.4. The maximum atomic E-state index is 12.4. The Labute approximate surface area is 144 Å². The van der Waals surface area contributed by atoms with E-state index in [2.05, 4.69) is 15.6 Å². The summed E-state index contributed by atoms with van der Waals surface area (Å²) in [5, 5.41) is 11.1. The van der Waals surface area contributed by atoms with Crippen LogP contribution in [-0.2, 0) is 11.3 Å². The molecule has 1 amide bonds. The van der Waals surface area contributed by atoms with E-state index in [0.717, 1.165) is 16.0 Å². The number of rotatable bonds is 5. The van der Waals surface area contributed by atoms with E-state index in [1.807, 2.05) is 31.2 Å². The van der Waals surface area contributed by atoms with Gasteiger partial charge in [0.1, 0.15) is 17.8 Å². The van der Waals surface area contributed by atoms with Crippen molar-refractivity contribution in [3.05, 3.63) is 64.4 Å². The molecule has 0 bridgehead atoms. The van der Waals surface area contributed by atoms with Gasteiger partial charge in [0.15, 0.2) is 0 Å². The summed E-state index contributed by atoms with van der Waals surface area (Å²) >= 11 is 0. The van der Waals surface area contributed by atoms with Crippen LogP contribution in [0.4, 0.5) is 0 Å². The molecule has 0 fully saturated rings. The number of benzene rings is 2. The summed E-state index contributed by atoms with van der Waals surface area (Å²) in [4.78, 5) is 24.6. The van der Waals surface area contributed by atoms with Gasteiger partial charge in [0.05, 0.1) is 18.5 Å². The summed E-state index contributed by atoms with van der Waals surface area (Å²) in [7, 11) is 1.60. The van der Waals surface area contributed by atoms with Crippen molar-refractivity contribution in [1.29, 1.82) is 0 Å². The molecule has 1 aromatic heterocycles. The number of fused-ring (bicyclic) bond motifs is 1. The van der Waals surface area contributed by atoms with Crippen molar-refractivity contribution in [2.24, 2.45) is 0 Å². The average Bonchev–Trinajstić information content (AvgIpc) is 2.64. The number of carbonyl (C=O) groups is 1. The summed E-state index contributed by atoms with van der Waals surface area (Å²) in [6, 6.07) is 14.1. The lowest BCUT2D eigenvalue weighted by Crippen LogP contribution is -2.35. The Morgan fingerprint density at radius 3 is 2.64 bits per heavy atom. The molecule has 2 aromatic carbocycles. The van der Waals surface area contributed by atoms with Crippen molar-refractivity contribution >= 4 is 16.8 Å². The minimum atomic E-state index is -0.335. The molecule has 0 aliphatic carbocycles. The molecule has 7 nitrogen and oxygen atoms in total. The number of aromatic nitrogens is 3. The predicted molar refractivity (Wildman–Crippen MR) is 93.3 cm³/mol. The smallest absolute Gasteiger partial charge is 0.278 e. The third-order valence-corrected chi connectivity index (χ3v) is 3.92. The second-order valence-electron chi connectivity index (χ2n) is 5.63. The van der Waals surface area contributed by atoms with Crippen LogP contribution >= 0.6 is 0 Å². The van der Waals surface area contributed by atoms with Gasteiger partial charge in [0, 0.05) is 0 Å². The quantitative estimate of drug-likeness (QED) is 0.765. The zero-order valence-corrected chi connectivity index (χ0v) is 14.0. The molecule has 0 aliphatic rings. The van der Waals surface area contributed by atoms with Crippen LogP contribution in [0.1, 0.15) is 18.5 Å². The first-order valence-electron chi connectivity index (χ1n) is 7.84. The first-order chi connectivity index (χ1) is 12.1. The van der Waals surface area contributed by atoms with E-state index in [1.165, 1.54) is 0 Å². The van der Waals surface area contributed by atoms with Gasteiger partial charge in [-0.25, -0.2) is 4.68 Å². The standard InChI is InChI=1S/C18H18N4O3/c1-12(13-7-9-14(25-2)10-8-13)19-17(23)11-22-18(24)15-5-3-4-6-16(15)20-21-22/h3-10,12H,11H2,1-2H3,(H,19,23)/t12-/m0/s1. The lowest BCUT2D eigenvalue weighted by molar-refractivity contribution is -0.122. The summed E-state index contributed by atoms with van der Waals surface area (Å²) in [6.45, 7) is 1.69. The minimum absolute atomic E-state index is 0.183. The topological polar surface area (TPSA) is 86.1 Å². The second-order valence-corrected chi connectivity index (χ2v) is 5.63. The van der Waals surface area contributed by atoms with Crippen LogP contribution < -0.4 is 15.6 Å². The molecule has 0 saturated heterocycles. The average molecular weight is 338 g/mol. The van der Waals surface area contributed by atoms with Crippen molar-refractivity contribution < 1.29 is 9.53 Å². The van der Waals surface area contributed by atoms with Crippen LogP contribution in [0.2, 0.25) is 0 Å². The fourth-order valence-electron chi connectivity index (χ4n) is 2.53. The first kappa shape index (κ1) is 16.6. The van der Waals surface area contributed by atoms with Crippen LogP contribution in [0, 0.1) is 0 Å². The Hall–Kier alpha value is -3.22. The van der Waals surface area contributed by atoms with Crippen molar-refractivity contribution in [2.45, 2.75) is 19.5 Å². The normalized spacial score (nSPS) is 11.9. The van der Waals surface area contributed by atoms with Crippen molar-refractivity contribution in [1.82, 2.24) is 20.3 Å². The molecule has 1 heterocycles. The third-order valence-electron chi connectivity index (χ3n) is 3.92. The fraction of sp³-hybridized carbons (Fsp3) is 0.222. The van der Waals surface area contributed by atoms with Gasteiger partial charge in [-0.15, -0.1) is 5.10 Å². The highest BCUT2D eigenvalue weighted by atomic mass is 16.5. The zero-order chi connectivity index (χ0) is 17.8. The fourth-order valence-corrected chi connectivity index (χ4v) is 2.53. The highest BCUT2D eigenvalue weighted by molar-refractivity contribution is 5.78. The molecule has 0 saturated carbocycles. The Morgan fingerprint density at radius 1 is 1.20 bits per heavy atom. The third kappa shape index (κ3) is 3.65. The van der Waals surface area contributed by atoms with Gasteiger partial charge in [0.2, 0.25) is 5.91 Å². The Balaban J connectivity index is 1.71. The van der Waals surface area contributed by atoms with Crippen LogP contribution in [-0.4, -0.2) is 28.0 Å². The van der Waals surface area contributed by atoms with Gasteiger partial charge < -0.3 is 10.1 Å². The van der Waals surface area contributed by atoms with E-state index in [9.17, 15) is 9.59 Å². The molecule has 7 heteroatoms. The van der Waals surface area contributed by atoms with Gasteiger partial charge in [-0.2, -0.15) is 0 Å². The van der Waals surface area contributed by atoms with E-state index in [0.29, 0.717) is 10.9 Å². The van der Waals surface area contributed by atoms with Gasteiger partial charge in [-0.3, -0.25) is 9.59 Å². The molecular weight excluding hydrogens is 320 g/mol. The highest BCUT2D eigenvalue weighted by Gasteiger charge is 2.13. The number of nitrogens with zero attached hydrogens (tertiary/aromatic N) is 3. The van der Waals surface area contributed by atoms with Gasteiger partial charge in [-0.05, 0) is 36.8 Å². The molecule has 0 unspecified atom stereocenters. The summed E-state index contributed by atoms with van der Waals surface area (Å²) in [5.41, 5.74) is 1.11. The minimum Gasteiger partial charge on any atom is -0.497 e. The molecule has 1 atom stereocenters. The predicted octanol–water partition coefficient (Wildman–Crippen LogP) is 1.68. The monoisotopic (exact) mass is 338 g/mol. The van der Waals surface area contributed by atoms with E-state index < -0.39 is 0 Å². The van der Waals surface area contributed by atoms with Crippen molar-refractivity contribution in [2.75, 3.05) is 7.11 Å². The lowest BCUT2D eigenvalue weighted by Gasteiger charge is -2.15. The molecular formula is C18H18N4O3. The largest absolute Gasteiger partial charge is 0.497 e. The molecule has 25 heavy (non-hydrogen) atoms. The first-order valence-corrected chi connectivity index (χ1v) is 7.84. The summed E-state index contributed by atoms with van der Waals surface area (Å²) in [6.07, 6.45) is 0. The summed E-state index contributed by atoms with van der Waals surface area (Å²) < 4.78 is 6.18. The van der Waals surface area contributed by atoms with E-state index in [4.69, 9.17) is 4.74 Å². The molecule has 1 N–H and O–H groups in total. The Bertz CT molecular complexity index is 950. The number of nitrogens with one attached hydrogen (secondary N) is 1. The summed E-state index contributed by atoms with van der Waals surface area (Å²) in [5.74, 6) is 0.440. The van der Waals surface area contributed by atoms with E-state index in [1.54, 1.807) is 31.4 Å². The van der Waals surface area contributed by atoms with Crippen LogP contribution in [0.5, 0.6) is 5.75 Å². The number of hydrogen-bond acceptors (Lipinski definition) is 5. The van der Waals surface area contributed by atoms with Gasteiger partial charge >= 0.3 is 0 Å². The second kappa shape index (κ2) is 7.12. The number of ether oxygens (including phenoxy) is 1. The molecule has 0 spiro atoms. The maximum Gasteiger partial charge on any atom is 0.278 e. The van der Waals surface area contributed by atoms with Crippen LogP contribution in [0.15, 0.2) is 53.3 Å². The number of amides is 1. The Morgan fingerprint density at radius 2 is 1.92 bits per heavy atom. The number of carbonyl (C=O) groups excluding carboxylic acids is 1. The van der Waals surface area contributed by atoms with Crippen molar-refractivity contribution in [3.8, 4) is 5.75 Å². The number of hydrogen-bond donors (Lipinski definition) is 1. The zero-order valence-electron chi connectivity index (χ0n) is 14.0. The molecule has 3 aromatic rings. The van der Waals surface area contributed by atoms with Crippen LogP contribution in [0.3, 0.4) is 0 Å². The van der Waals surface area contributed by atoms with E-state index >= 15 is 0 Å². The van der Waals surface area contributed by atoms with Gasteiger partial charge in [0.25, 0.3) is 5.56 Å². The number of methoxy groups -OCH3 is 1. The van der Waals surface area contributed by atoms with Crippen LogP contribution in [0.25, 0.3) is 10.9 Å². The Kier molecular flexibility index (Phi) is 4.74. The van der Waals surface area contributed by atoms with E-state index in [-0.39, 0.29) is 24.1 Å². The highest BCUT2D eigenvalue weighted by Crippen LogP contribution is 2.17. The molecule has 0 radical (unpaired) electrons. The SMILES string of the molecule is COc1ccc([C@H](C)NC(=O)Cn2nnc3ccccc3c2=O)cc1. The van der Waals surface area contributed by atoms with Gasteiger partial charge in [-0.1, -0.05) is 29.5 Å². The lowest BCUT2D eigenvalue weighted by atomic mass is 10.1. The molecule has 3 rings (SSSR count). The van der Waals surface area contributed by atoms with Crippen molar-refractivity contribution in [3.63, 3.8) is 0 Å². The molecule has 128 valence electrons. The molecule has 0 aliphatic heterocycles.